The minimum Gasteiger partial charge on any atom is -0.450 e. The molecule has 2 rings (SSSR count). The Morgan fingerprint density at radius 2 is 2.37 bits per heavy atom. The van der Waals surface area contributed by atoms with Gasteiger partial charge >= 0.3 is 6.09 Å². The summed E-state index contributed by atoms with van der Waals surface area (Å²) in [6.45, 7) is 3.75. The van der Waals surface area contributed by atoms with Crippen LogP contribution in [0.3, 0.4) is 0 Å². The van der Waals surface area contributed by atoms with E-state index in [9.17, 15) is 9.18 Å². The zero-order chi connectivity index (χ0) is 13.7. The van der Waals surface area contributed by atoms with Crippen LogP contribution < -0.4 is 10.6 Å². The lowest BCUT2D eigenvalue weighted by Crippen LogP contribution is -2.39. The third kappa shape index (κ3) is 3.67. The second kappa shape index (κ2) is 6.52. The van der Waals surface area contributed by atoms with Crippen LogP contribution in [0.15, 0.2) is 24.3 Å². The number of carbonyl (C=O) groups excluding carboxylic acids is 1. The van der Waals surface area contributed by atoms with E-state index >= 15 is 0 Å². The molecule has 5 heteroatoms. The highest BCUT2D eigenvalue weighted by Crippen LogP contribution is 2.23. The average molecular weight is 266 g/mol. The van der Waals surface area contributed by atoms with Crippen molar-refractivity contribution in [2.24, 2.45) is 0 Å². The predicted octanol–water partition coefficient (Wildman–Crippen LogP) is 2.02. The number of amides is 1. The van der Waals surface area contributed by atoms with Gasteiger partial charge in [0.25, 0.3) is 0 Å². The molecule has 0 radical (unpaired) electrons. The number of halogens is 1. The highest BCUT2D eigenvalue weighted by atomic mass is 19.1. The Morgan fingerprint density at radius 1 is 1.53 bits per heavy atom. The first-order chi connectivity index (χ1) is 9.20. The van der Waals surface area contributed by atoms with E-state index in [2.05, 4.69) is 10.6 Å². The second-order valence-electron chi connectivity index (χ2n) is 4.71. The number of rotatable bonds is 4. The van der Waals surface area contributed by atoms with Gasteiger partial charge in [0.05, 0.1) is 12.6 Å². The van der Waals surface area contributed by atoms with Gasteiger partial charge in [0.1, 0.15) is 5.82 Å². The average Bonchev–Trinajstić information content (AvgIpc) is 2.84. The molecule has 1 heterocycles. The minimum absolute atomic E-state index is 0.0637. The molecule has 0 aromatic heterocycles. The Bertz CT molecular complexity index is 439. The molecule has 1 aliphatic heterocycles. The maximum atomic E-state index is 13.2. The van der Waals surface area contributed by atoms with Crippen LogP contribution in [0.1, 0.15) is 24.8 Å². The molecule has 2 unspecified atom stereocenters. The fourth-order valence-corrected chi connectivity index (χ4v) is 2.31. The lowest BCUT2D eigenvalue weighted by molar-refractivity contribution is 0.142. The van der Waals surface area contributed by atoms with Gasteiger partial charge in [0, 0.05) is 19.0 Å². The van der Waals surface area contributed by atoms with Crippen LogP contribution in [0.4, 0.5) is 9.18 Å². The van der Waals surface area contributed by atoms with Crippen LogP contribution >= 0.6 is 0 Å². The smallest absolute Gasteiger partial charge is 0.407 e. The van der Waals surface area contributed by atoms with E-state index < -0.39 is 6.09 Å². The maximum Gasteiger partial charge on any atom is 0.407 e. The molecular formula is C14H19FN2O2. The van der Waals surface area contributed by atoms with Gasteiger partial charge in [-0.05, 0) is 24.1 Å². The topological polar surface area (TPSA) is 50.4 Å². The zero-order valence-corrected chi connectivity index (χ0v) is 11.0. The molecule has 104 valence electrons. The minimum atomic E-state index is -0.406. The first kappa shape index (κ1) is 13.8. The van der Waals surface area contributed by atoms with E-state index in [1.54, 1.807) is 6.07 Å². The molecule has 1 fully saturated rings. The number of alkyl carbamates (subject to hydrolysis) is 1. The molecule has 1 aliphatic rings. The van der Waals surface area contributed by atoms with Gasteiger partial charge < -0.3 is 15.4 Å². The van der Waals surface area contributed by atoms with Crippen molar-refractivity contribution >= 4 is 6.09 Å². The molecule has 19 heavy (non-hydrogen) atoms. The SMILES string of the molecule is CCCOC(=O)NC1CNCC1c1cccc(F)c1. The Morgan fingerprint density at radius 3 is 3.11 bits per heavy atom. The van der Waals surface area contributed by atoms with Crippen molar-refractivity contribution in [3.05, 3.63) is 35.6 Å². The molecule has 1 aromatic rings. The van der Waals surface area contributed by atoms with E-state index in [1.807, 2.05) is 13.0 Å². The Hall–Kier alpha value is -1.62. The van der Waals surface area contributed by atoms with Gasteiger partial charge in [-0.2, -0.15) is 0 Å². The highest BCUT2D eigenvalue weighted by Gasteiger charge is 2.30. The molecule has 0 aliphatic carbocycles. The normalized spacial score (nSPS) is 22.2. The molecule has 0 spiro atoms. The summed E-state index contributed by atoms with van der Waals surface area (Å²) < 4.78 is 18.3. The number of carbonyl (C=O) groups is 1. The lowest BCUT2D eigenvalue weighted by atomic mass is 9.94. The summed E-state index contributed by atoms with van der Waals surface area (Å²) in [7, 11) is 0. The van der Waals surface area contributed by atoms with Gasteiger partial charge in [-0.25, -0.2) is 9.18 Å². The van der Waals surface area contributed by atoms with Crippen molar-refractivity contribution in [1.29, 1.82) is 0 Å². The predicted molar refractivity (Wildman–Crippen MR) is 70.6 cm³/mol. The van der Waals surface area contributed by atoms with E-state index in [0.717, 1.165) is 18.5 Å². The van der Waals surface area contributed by atoms with E-state index in [4.69, 9.17) is 4.74 Å². The number of hydrogen-bond acceptors (Lipinski definition) is 3. The molecule has 2 N–H and O–H groups in total. The van der Waals surface area contributed by atoms with Crippen molar-refractivity contribution in [1.82, 2.24) is 10.6 Å². The summed E-state index contributed by atoms with van der Waals surface area (Å²) in [5, 5.41) is 6.04. The molecule has 1 aromatic carbocycles. The second-order valence-corrected chi connectivity index (χ2v) is 4.71. The fourth-order valence-electron chi connectivity index (χ4n) is 2.31. The number of hydrogen-bond donors (Lipinski definition) is 2. The van der Waals surface area contributed by atoms with E-state index in [1.165, 1.54) is 12.1 Å². The summed E-state index contributed by atoms with van der Waals surface area (Å²) in [4.78, 5) is 11.6. The van der Waals surface area contributed by atoms with Crippen LogP contribution in [0, 0.1) is 5.82 Å². The first-order valence-corrected chi connectivity index (χ1v) is 6.60. The van der Waals surface area contributed by atoms with Crippen molar-refractivity contribution in [3.63, 3.8) is 0 Å². The first-order valence-electron chi connectivity index (χ1n) is 6.60. The largest absolute Gasteiger partial charge is 0.450 e. The Balaban J connectivity index is 1.99. The summed E-state index contributed by atoms with van der Waals surface area (Å²) in [5.41, 5.74) is 0.894. The van der Waals surface area contributed by atoms with E-state index in [-0.39, 0.29) is 17.8 Å². The third-order valence-electron chi connectivity index (χ3n) is 3.23. The molecule has 0 saturated carbocycles. The number of benzene rings is 1. The molecule has 0 bridgehead atoms. The molecule has 1 amide bonds. The standard InChI is InChI=1S/C14H19FN2O2/c1-2-6-19-14(18)17-13-9-16-8-12(13)10-4-3-5-11(15)7-10/h3-5,7,12-13,16H,2,6,8-9H2,1H3,(H,17,18). The van der Waals surface area contributed by atoms with Crippen LogP contribution in [-0.4, -0.2) is 31.8 Å². The van der Waals surface area contributed by atoms with Gasteiger partial charge in [0.2, 0.25) is 0 Å². The van der Waals surface area contributed by atoms with Crippen molar-refractivity contribution in [2.45, 2.75) is 25.3 Å². The summed E-state index contributed by atoms with van der Waals surface area (Å²) in [5.74, 6) is -0.179. The monoisotopic (exact) mass is 266 g/mol. The molecule has 2 atom stereocenters. The van der Waals surface area contributed by atoms with Crippen LogP contribution in [0.2, 0.25) is 0 Å². The summed E-state index contributed by atoms with van der Waals surface area (Å²) in [6.07, 6.45) is 0.390. The fraction of sp³-hybridized carbons (Fsp3) is 0.500. The van der Waals surface area contributed by atoms with Gasteiger partial charge in [-0.1, -0.05) is 19.1 Å². The molecular weight excluding hydrogens is 247 g/mol. The zero-order valence-electron chi connectivity index (χ0n) is 11.0. The van der Waals surface area contributed by atoms with Gasteiger partial charge in [-0.3, -0.25) is 0 Å². The van der Waals surface area contributed by atoms with Crippen LogP contribution in [0.25, 0.3) is 0 Å². The summed E-state index contributed by atoms with van der Waals surface area (Å²) in [6, 6.07) is 6.45. The van der Waals surface area contributed by atoms with Crippen molar-refractivity contribution in [3.8, 4) is 0 Å². The maximum absolute atomic E-state index is 13.2. The lowest BCUT2D eigenvalue weighted by Gasteiger charge is -2.20. The van der Waals surface area contributed by atoms with Crippen LogP contribution in [-0.2, 0) is 4.74 Å². The molecule has 1 saturated heterocycles. The van der Waals surface area contributed by atoms with Crippen molar-refractivity contribution in [2.75, 3.05) is 19.7 Å². The quantitative estimate of drug-likeness (QED) is 0.876. The number of nitrogens with one attached hydrogen (secondary N) is 2. The van der Waals surface area contributed by atoms with E-state index in [0.29, 0.717) is 13.2 Å². The van der Waals surface area contributed by atoms with Gasteiger partial charge in [-0.15, -0.1) is 0 Å². The van der Waals surface area contributed by atoms with Crippen molar-refractivity contribution < 1.29 is 13.9 Å². The van der Waals surface area contributed by atoms with Gasteiger partial charge in [0.15, 0.2) is 0 Å². The summed E-state index contributed by atoms with van der Waals surface area (Å²) >= 11 is 0. The van der Waals surface area contributed by atoms with Crippen LogP contribution in [0.5, 0.6) is 0 Å². The Labute approximate surface area is 112 Å². The highest BCUT2D eigenvalue weighted by molar-refractivity contribution is 5.67. The third-order valence-corrected chi connectivity index (χ3v) is 3.23. The number of ether oxygens (including phenoxy) is 1. The Kier molecular flexibility index (Phi) is 4.74. The molecule has 4 nitrogen and oxygen atoms in total.